The van der Waals surface area contributed by atoms with Gasteiger partial charge in [0.15, 0.2) is 0 Å². The predicted octanol–water partition coefficient (Wildman–Crippen LogP) is 1.80. The first-order valence-corrected chi connectivity index (χ1v) is 5.89. The van der Waals surface area contributed by atoms with E-state index in [0.717, 1.165) is 0 Å². The minimum Gasteiger partial charge on any atom is -0.506 e. The van der Waals surface area contributed by atoms with E-state index in [1.54, 1.807) is 0 Å². The van der Waals surface area contributed by atoms with Gasteiger partial charge in [-0.15, -0.1) is 0 Å². The molecule has 1 aromatic carbocycles. The van der Waals surface area contributed by atoms with Gasteiger partial charge in [-0.05, 0) is 35.3 Å². The Kier molecular flexibility index (Phi) is 4.86. The van der Waals surface area contributed by atoms with Gasteiger partial charge in [-0.25, -0.2) is 0 Å². The third kappa shape index (κ3) is 3.39. The van der Waals surface area contributed by atoms with Crippen LogP contribution in [0.3, 0.4) is 0 Å². The average Bonchev–Trinajstić information content (AvgIpc) is 2.29. The molecule has 6 nitrogen and oxygen atoms in total. The van der Waals surface area contributed by atoms with Crippen LogP contribution in [0.1, 0.15) is 24.4 Å². The lowest BCUT2D eigenvalue weighted by Gasteiger charge is -2.13. The van der Waals surface area contributed by atoms with E-state index in [-0.39, 0.29) is 15.9 Å². The molecule has 1 atom stereocenters. The summed E-state index contributed by atoms with van der Waals surface area (Å²) in [7, 11) is 0. The van der Waals surface area contributed by atoms with Gasteiger partial charge in [0.1, 0.15) is 5.75 Å². The molecule has 0 aliphatic carbocycles. The molecule has 1 rings (SSSR count). The molecule has 0 bridgehead atoms. The quantitative estimate of drug-likeness (QED) is 0.566. The molecule has 0 radical (unpaired) electrons. The Morgan fingerprint density at radius 1 is 1.53 bits per heavy atom. The van der Waals surface area contributed by atoms with E-state index in [2.05, 4.69) is 15.9 Å². The molecular weight excluding hydrogens is 290 g/mol. The molecule has 94 valence electrons. The van der Waals surface area contributed by atoms with Crippen molar-refractivity contribution in [3.05, 3.63) is 32.3 Å². The van der Waals surface area contributed by atoms with E-state index in [0.29, 0.717) is 24.9 Å². The SMILES string of the molecule is NCCC[C@H](N)c1cc([N+](=O)[O-])cc(Br)c1O. The van der Waals surface area contributed by atoms with Crippen LogP contribution in [-0.4, -0.2) is 16.6 Å². The minimum absolute atomic E-state index is 0.0554. The lowest BCUT2D eigenvalue weighted by molar-refractivity contribution is -0.385. The van der Waals surface area contributed by atoms with Crippen LogP contribution in [0, 0.1) is 10.1 Å². The van der Waals surface area contributed by atoms with Crippen molar-refractivity contribution in [1.29, 1.82) is 0 Å². The second kappa shape index (κ2) is 5.95. The van der Waals surface area contributed by atoms with Crippen LogP contribution in [0.5, 0.6) is 5.75 Å². The number of non-ortho nitro benzene ring substituents is 1. The molecule has 0 aliphatic rings. The van der Waals surface area contributed by atoms with Crippen LogP contribution >= 0.6 is 15.9 Å². The summed E-state index contributed by atoms with van der Waals surface area (Å²) in [6, 6.07) is 2.07. The molecule has 5 N–H and O–H groups in total. The van der Waals surface area contributed by atoms with E-state index in [9.17, 15) is 15.2 Å². The summed E-state index contributed by atoms with van der Waals surface area (Å²) in [5, 5.41) is 20.5. The maximum absolute atomic E-state index is 10.7. The maximum Gasteiger partial charge on any atom is 0.271 e. The third-order valence-electron chi connectivity index (χ3n) is 2.41. The molecular formula is C10H14BrN3O3. The highest BCUT2D eigenvalue weighted by atomic mass is 79.9. The number of nitro groups is 1. The summed E-state index contributed by atoms with van der Waals surface area (Å²) >= 11 is 3.07. The molecule has 7 heteroatoms. The summed E-state index contributed by atoms with van der Waals surface area (Å²) in [6.45, 7) is 0.491. The van der Waals surface area contributed by atoms with Gasteiger partial charge >= 0.3 is 0 Å². The number of rotatable bonds is 5. The molecule has 0 aromatic heterocycles. The van der Waals surface area contributed by atoms with Gasteiger partial charge in [-0.1, -0.05) is 0 Å². The largest absolute Gasteiger partial charge is 0.506 e. The molecule has 0 fully saturated rings. The van der Waals surface area contributed by atoms with Gasteiger partial charge in [0.25, 0.3) is 5.69 Å². The Bertz CT molecular complexity index is 426. The predicted molar refractivity (Wildman–Crippen MR) is 67.7 cm³/mol. The summed E-state index contributed by atoms with van der Waals surface area (Å²) in [6.07, 6.45) is 1.26. The van der Waals surface area contributed by atoms with Gasteiger partial charge in [0, 0.05) is 23.7 Å². The molecule has 0 aliphatic heterocycles. The second-order valence-corrected chi connectivity index (χ2v) is 4.51. The first-order valence-electron chi connectivity index (χ1n) is 5.09. The number of halogens is 1. The monoisotopic (exact) mass is 303 g/mol. The van der Waals surface area contributed by atoms with E-state index >= 15 is 0 Å². The van der Waals surface area contributed by atoms with Gasteiger partial charge < -0.3 is 16.6 Å². The number of phenols is 1. The number of hydrogen-bond acceptors (Lipinski definition) is 5. The second-order valence-electron chi connectivity index (χ2n) is 3.66. The molecule has 0 heterocycles. The molecule has 0 saturated carbocycles. The highest BCUT2D eigenvalue weighted by Crippen LogP contribution is 2.36. The Hall–Kier alpha value is -1.18. The van der Waals surface area contributed by atoms with Crippen molar-refractivity contribution >= 4 is 21.6 Å². The van der Waals surface area contributed by atoms with Gasteiger partial charge in [0.05, 0.1) is 9.40 Å². The fraction of sp³-hybridized carbons (Fsp3) is 0.400. The molecule has 0 amide bonds. The molecule has 1 aromatic rings. The molecule has 0 saturated heterocycles. The standard InChI is InChI=1S/C10H14BrN3O3/c11-8-5-6(14(16)17)4-7(10(8)15)9(13)2-1-3-12/h4-5,9,15H,1-3,12-13H2/t9-/m0/s1. The van der Waals surface area contributed by atoms with Crippen LogP contribution in [0.25, 0.3) is 0 Å². The third-order valence-corrected chi connectivity index (χ3v) is 3.01. The van der Waals surface area contributed by atoms with Crippen LogP contribution < -0.4 is 11.5 Å². The molecule has 0 spiro atoms. The smallest absolute Gasteiger partial charge is 0.271 e. The number of nitrogens with zero attached hydrogens (tertiary/aromatic N) is 1. The maximum atomic E-state index is 10.7. The first-order chi connectivity index (χ1) is 7.97. The van der Waals surface area contributed by atoms with Crippen LogP contribution in [0.15, 0.2) is 16.6 Å². The fourth-order valence-electron chi connectivity index (χ4n) is 1.49. The zero-order chi connectivity index (χ0) is 13.0. The number of hydrogen-bond donors (Lipinski definition) is 3. The highest BCUT2D eigenvalue weighted by molar-refractivity contribution is 9.10. The highest BCUT2D eigenvalue weighted by Gasteiger charge is 2.18. The van der Waals surface area contributed by atoms with E-state index in [4.69, 9.17) is 11.5 Å². The van der Waals surface area contributed by atoms with Crippen molar-refractivity contribution in [1.82, 2.24) is 0 Å². The van der Waals surface area contributed by atoms with Crippen molar-refractivity contribution < 1.29 is 10.0 Å². The van der Waals surface area contributed by atoms with Gasteiger partial charge in [-0.2, -0.15) is 0 Å². The Balaban J connectivity index is 3.08. The Morgan fingerprint density at radius 2 is 2.18 bits per heavy atom. The molecule has 0 unspecified atom stereocenters. The normalized spacial score (nSPS) is 12.4. The van der Waals surface area contributed by atoms with Gasteiger partial charge in [-0.3, -0.25) is 10.1 Å². The van der Waals surface area contributed by atoms with Gasteiger partial charge in [0.2, 0.25) is 0 Å². The number of nitro benzene ring substituents is 1. The lowest BCUT2D eigenvalue weighted by atomic mass is 10.0. The average molecular weight is 304 g/mol. The number of phenolic OH excluding ortho intramolecular Hbond substituents is 1. The van der Waals surface area contributed by atoms with Crippen molar-refractivity contribution in [3.63, 3.8) is 0 Å². The topological polar surface area (TPSA) is 115 Å². The van der Waals surface area contributed by atoms with Crippen LogP contribution in [-0.2, 0) is 0 Å². The molecule has 17 heavy (non-hydrogen) atoms. The van der Waals surface area contributed by atoms with Crippen LogP contribution in [0.2, 0.25) is 0 Å². The lowest BCUT2D eigenvalue weighted by Crippen LogP contribution is -2.13. The van der Waals surface area contributed by atoms with E-state index in [1.165, 1.54) is 12.1 Å². The van der Waals surface area contributed by atoms with Crippen molar-refractivity contribution in [2.24, 2.45) is 11.5 Å². The Morgan fingerprint density at radius 3 is 2.71 bits per heavy atom. The number of nitrogens with two attached hydrogens (primary N) is 2. The number of aromatic hydroxyl groups is 1. The zero-order valence-corrected chi connectivity index (χ0v) is 10.7. The summed E-state index contributed by atoms with van der Waals surface area (Å²) in [5.41, 5.74) is 11.5. The van der Waals surface area contributed by atoms with Crippen molar-refractivity contribution in [3.8, 4) is 5.75 Å². The van der Waals surface area contributed by atoms with E-state index < -0.39 is 11.0 Å². The van der Waals surface area contributed by atoms with Crippen molar-refractivity contribution in [2.75, 3.05) is 6.54 Å². The first kappa shape index (κ1) is 13.9. The zero-order valence-electron chi connectivity index (χ0n) is 9.10. The summed E-state index contributed by atoms with van der Waals surface area (Å²) in [5.74, 6) is -0.0554. The van der Waals surface area contributed by atoms with Crippen LogP contribution in [0.4, 0.5) is 5.69 Å². The Labute approximate surface area is 107 Å². The van der Waals surface area contributed by atoms with E-state index in [1.807, 2.05) is 0 Å². The number of benzene rings is 1. The minimum atomic E-state index is -0.524. The summed E-state index contributed by atoms with van der Waals surface area (Å²) < 4.78 is 0.268. The van der Waals surface area contributed by atoms with Crippen molar-refractivity contribution in [2.45, 2.75) is 18.9 Å². The summed E-state index contributed by atoms with van der Waals surface area (Å²) in [4.78, 5) is 10.2. The fourth-order valence-corrected chi connectivity index (χ4v) is 1.95.